The summed E-state index contributed by atoms with van der Waals surface area (Å²) in [6.45, 7) is 7.13. The van der Waals surface area contributed by atoms with Gasteiger partial charge in [0.2, 0.25) is 17.2 Å². The lowest BCUT2D eigenvalue weighted by atomic mass is 9.77. The summed E-state index contributed by atoms with van der Waals surface area (Å²) in [5.74, 6) is -3.58. The summed E-state index contributed by atoms with van der Waals surface area (Å²) in [6, 6.07) is 0.572. The normalized spacial score (nSPS) is 19.6. The average Bonchev–Trinajstić information content (AvgIpc) is 3.85. The van der Waals surface area contributed by atoms with E-state index in [0.29, 0.717) is 11.1 Å². The number of anilines is 1. The monoisotopic (exact) mass is 735 g/mol. The van der Waals surface area contributed by atoms with Crippen molar-refractivity contribution in [3.8, 4) is 5.75 Å². The Hall–Kier alpha value is -3.87. The van der Waals surface area contributed by atoms with Gasteiger partial charge >= 0.3 is 19.5 Å². The molecule has 2 unspecified atom stereocenters. The molecule has 0 bridgehead atoms. The molecule has 1 saturated heterocycles. The molecule has 2 atom stereocenters. The number of rotatable bonds is 10. The third kappa shape index (κ3) is 7.72. The van der Waals surface area contributed by atoms with Gasteiger partial charge in [0.15, 0.2) is 11.6 Å². The molecule has 2 aromatic rings. The van der Waals surface area contributed by atoms with Gasteiger partial charge in [-0.2, -0.15) is 0 Å². The summed E-state index contributed by atoms with van der Waals surface area (Å²) in [5.41, 5.74) is -1.44. The van der Waals surface area contributed by atoms with E-state index in [9.17, 15) is 43.5 Å². The van der Waals surface area contributed by atoms with E-state index >= 15 is 4.39 Å². The second-order valence-electron chi connectivity index (χ2n) is 13.5. The molecule has 3 aliphatic rings. The number of esters is 1. The number of aromatic nitrogens is 1. The number of amides is 1. The Morgan fingerprint density at radius 3 is 2.44 bits per heavy atom. The number of carbonyl (C=O) groups is 3. The van der Waals surface area contributed by atoms with Crippen LogP contribution >= 0.6 is 15.4 Å². The Morgan fingerprint density at radius 1 is 1.20 bits per heavy atom. The van der Waals surface area contributed by atoms with Crippen LogP contribution in [0.3, 0.4) is 0 Å². The molecule has 2 fully saturated rings. The van der Waals surface area contributed by atoms with Gasteiger partial charge in [0.05, 0.1) is 25.8 Å². The number of methoxy groups -OCH3 is 1. The number of hydrogen-bond donors (Lipinski definition) is 3. The van der Waals surface area contributed by atoms with Crippen molar-refractivity contribution in [3.63, 3.8) is 0 Å². The maximum atomic E-state index is 15.9. The quantitative estimate of drug-likeness (QED) is 0.238. The van der Waals surface area contributed by atoms with Crippen molar-refractivity contribution in [1.82, 2.24) is 9.47 Å². The summed E-state index contributed by atoms with van der Waals surface area (Å²) in [4.78, 5) is 85.6. The first-order chi connectivity index (χ1) is 23.3. The summed E-state index contributed by atoms with van der Waals surface area (Å²) in [7, 11) is -5.65. The maximum absolute atomic E-state index is 15.9. The number of piperazine rings is 1. The van der Waals surface area contributed by atoms with Crippen LogP contribution in [0, 0.1) is 11.2 Å². The molecule has 1 saturated carbocycles. The number of halogens is 1. The van der Waals surface area contributed by atoms with Crippen LogP contribution in [0.25, 0.3) is 10.9 Å². The Labute approximate surface area is 288 Å². The highest BCUT2D eigenvalue weighted by Gasteiger charge is 2.39. The minimum Gasteiger partial charge on any atom is -0.630 e. The van der Waals surface area contributed by atoms with Crippen LogP contribution in [0.4, 0.5) is 10.1 Å². The van der Waals surface area contributed by atoms with Crippen LogP contribution in [-0.2, 0) is 18.9 Å². The summed E-state index contributed by atoms with van der Waals surface area (Å²) in [6.07, 6.45) is 5.81. The predicted octanol–water partition coefficient (Wildman–Crippen LogP) is 3.48. The molecule has 50 heavy (non-hydrogen) atoms. The number of nitrogens with zero attached hydrogens (tertiary/aromatic N) is 3. The highest BCUT2D eigenvalue weighted by Crippen LogP contribution is 2.46. The first-order valence-electron chi connectivity index (χ1n) is 16.0. The highest BCUT2D eigenvalue weighted by atomic mass is 31.2. The topological polar surface area (TPSA) is 199 Å². The fourth-order valence-electron chi connectivity index (χ4n) is 6.65. The number of aromatic carboxylic acids is 1. The number of hydrogen-bond acceptors (Lipinski definition) is 9. The Balaban J connectivity index is 1.42. The molecule has 1 aromatic carbocycles. The van der Waals surface area contributed by atoms with E-state index < -0.39 is 61.5 Å². The number of carbonyl (C=O) groups excluding carboxylic acids is 2. The molecule has 1 aromatic heterocycles. The van der Waals surface area contributed by atoms with Gasteiger partial charge in [0, 0.05) is 68.7 Å². The van der Waals surface area contributed by atoms with Crippen molar-refractivity contribution in [1.29, 1.82) is 0 Å². The SMILES string of the molecule is COc1c(N2CCN(C(=O)CC(C)(C)C3=CC(=[P+]([O-])CP(=O)(O)O)CC=C3OC(C)=O)C(C)C2)c(F)cc2c(=O)c(C(=O)O)cn(C3CC3)c12. The first-order valence-corrected chi connectivity index (χ1v) is 19.3. The summed E-state index contributed by atoms with van der Waals surface area (Å²) in [5, 5.41) is 9.79. The van der Waals surface area contributed by atoms with Gasteiger partial charge in [0.1, 0.15) is 22.3 Å². The zero-order valence-electron chi connectivity index (χ0n) is 28.3. The Bertz CT molecular complexity index is 1980. The number of pyridine rings is 1. The number of carboxylic acid groups (broad SMARTS) is 1. The van der Waals surface area contributed by atoms with Crippen LogP contribution in [0.15, 0.2) is 40.5 Å². The summed E-state index contributed by atoms with van der Waals surface area (Å²) < 4.78 is 40.2. The van der Waals surface area contributed by atoms with Crippen molar-refractivity contribution in [2.45, 2.75) is 65.5 Å². The average molecular weight is 736 g/mol. The fourth-order valence-corrected chi connectivity index (χ4v) is 9.28. The minimum absolute atomic E-state index is 0.0522. The van der Waals surface area contributed by atoms with Crippen molar-refractivity contribution >= 4 is 55.1 Å². The van der Waals surface area contributed by atoms with Gasteiger partial charge in [-0.15, -0.1) is 0 Å². The zero-order valence-corrected chi connectivity index (χ0v) is 30.1. The highest BCUT2D eigenvalue weighted by molar-refractivity contribution is 7.69. The molecule has 14 nitrogen and oxygen atoms in total. The minimum atomic E-state index is -4.57. The number of benzene rings is 1. The smallest absolute Gasteiger partial charge is 0.369 e. The van der Waals surface area contributed by atoms with Gasteiger partial charge in [-0.25, -0.2) is 9.18 Å². The lowest BCUT2D eigenvalue weighted by Gasteiger charge is -2.42. The molecule has 270 valence electrons. The van der Waals surface area contributed by atoms with Crippen LogP contribution in [-0.4, -0.2) is 86.2 Å². The van der Waals surface area contributed by atoms with Crippen molar-refractivity contribution in [2.24, 2.45) is 5.41 Å². The van der Waals surface area contributed by atoms with Crippen LogP contribution < -0.4 is 20.0 Å². The van der Waals surface area contributed by atoms with E-state index in [0.717, 1.165) is 18.9 Å². The number of allylic oxidation sites excluding steroid dienone is 3. The number of ether oxygens (including phenoxy) is 2. The van der Waals surface area contributed by atoms with Crippen molar-refractivity contribution < 1.29 is 52.6 Å². The van der Waals surface area contributed by atoms with E-state index in [-0.39, 0.29) is 72.3 Å². The van der Waals surface area contributed by atoms with Crippen LogP contribution in [0.2, 0.25) is 0 Å². The zero-order chi connectivity index (χ0) is 36.9. The molecule has 5 rings (SSSR count). The van der Waals surface area contributed by atoms with Gasteiger partial charge in [-0.3, -0.25) is 18.9 Å². The van der Waals surface area contributed by atoms with E-state index in [1.165, 1.54) is 32.4 Å². The third-order valence-corrected chi connectivity index (χ3v) is 12.6. The van der Waals surface area contributed by atoms with Gasteiger partial charge in [-0.1, -0.05) is 13.8 Å². The largest absolute Gasteiger partial charge is 0.630 e. The molecular formula is C33H40FN3O11P2. The Kier molecular flexibility index (Phi) is 10.5. The van der Waals surface area contributed by atoms with Gasteiger partial charge in [0.25, 0.3) is 0 Å². The molecule has 3 N–H and O–H groups in total. The van der Waals surface area contributed by atoms with Crippen molar-refractivity contribution in [3.05, 3.63) is 57.4 Å². The molecule has 0 spiro atoms. The second kappa shape index (κ2) is 14.0. The maximum Gasteiger partial charge on any atom is 0.369 e. The van der Waals surface area contributed by atoms with E-state index in [1.807, 2.05) is 6.92 Å². The second-order valence-corrected chi connectivity index (χ2v) is 17.3. The lowest BCUT2D eigenvalue weighted by molar-refractivity contribution is -0.152. The molecule has 1 aliphatic heterocycles. The van der Waals surface area contributed by atoms with E-state index in [4.69, 9.17) is 9.47 Å². The molecular weight excluding hydrogens is 695 g/mol. The fraction of sp³-hybridized carbons (Fsp3) is 0.485. The Morgan fingerprint density at radius 2 is 1.88 bits per heavy atom. The molecule has 2 aliphatic carbocycles. The lowest BCUT2D eigenvalue weighted by Crippen LogP contribution is -2.55. The third-order valence-electron chi connectivity index (χ3n) is 9.12. The van der Waals surface area contributed by atoms with Crippen molar-refractivity contribution in [2.75, 3.05) is 37.5 Å². The molecule has 2 heterocycles. The van der Waals surface area contributed by atoms with Gasteiger partial charge in [-0.05, 0) is 38.0 Å². The molecule has 1 amide bonds. The molecule has 17 heteroatoms. The standard InChI is InChI=1S/C33H40FN3O11P2/c1-18-15-35(29-25(34)13-22-28(31(29)47-5)37(20-6-7-20)16-23(30(22)40)32(41)42)10-11-36(18)27(39)14-33(3,4)24-12-21(49(43)17-50(44,45)46)8-9-26(24)48-19(2)38/h9,12-13,16,18,20H,6-8,10-11,14-15,17H2,1-5H3,(H,41,42)(H2,44,45,46). The molecule has 0 radical (unpaired) electrons. The summed E-state index contributed by atoms with van der Waals surface area (Å²) >= 11 is 0. The van der Waals surface area contributed by atoms with E-state index in [1.54, 1.807) is 28.2 Å². The van der Waals surface area contributed by atoms with Crippen LogP contribution in [0.1, 0.15) is 69.8 Å². The number of carboxylic acids is 1. The number of fused-ring (bicyclic) bond motifs is 1. The van der Waals surface area contributed by atoms with Crippen LogP contribution in [0.5, 0.6) is 5.75 Å². The predicted molar refractivity (Wildman–Crippen MR) is 183 cm³/mol. The van der Waals surface area contributed by atoms with E-state index in [2.05, 4.69) is 0 Å². The van der Waals surface area contributed by atoms with Gasteiger partial charge < -0.3 is 43.6 Å². The first kappa shape index (κ1) is 37.4.